The number of amides is 1. The Hall–Kier alpha value is -1.00. The van der Waals surface area contributed by atoms with Crippen molar-refractivity contribution >= 4 is 17.7 Å². The third-order valence-corrected chi connectivity index (χ3v) is 3.43. The number of thioether (sulfide) groups is 1. The van der Waals surface area contributed by atoms with Crippen LogP contribution in [0.4, 0.5) is 0 Å². The predicted octanol–water partition coefficient (Wildman–Crippen LogP) is 1.66. The van der Waals surface area contributed by atoms with Gasteiger partial charge in [0.15, 0.2) is 0 Å². The molecule has 2 N–H and O–H groups in total. The number of rotatable bonds is 5. The van der Waals surface area contributed by atoms with Crippen molar-refractivity contribution in [1.29, 1.82) is 0 Å². The molecule has 4 heteroatoms. The lowest BCUT2D eigenvalue weighted by Crippen LogP contribution is -2.17. The van der Waals surface area contributed by atoms with Gasteiger partial charge in [0, 0.05) is 23.6 Å². The van der Waals surface area contributed by atoms with E-state index in [1.807, 2.05) is 25.1 Å². The van der Waals surface area contributed by atoms with Crippen molar-refractivity contribution in [3.8, 4) is 0 Å². The standard InChI is InChI=1S/C12H17NO2S/c1-9(7-14)16-8-10-4-3-5-11(6-10)12(15)13-2/h3-6,9,14H,7-8H2,1-2H3,(H,13,15)/t9-/m1/s1. The van der Waals surface area contributed by atoms with E-state index in [1.165, 1.54) is 0 Å². The summed E-state index contributed by atoms with van der Waals surface area (Å²) in [7, 11) is 1.62. The fraction of sp³-hybridized carbons (Fsp3) is 0.417. The Balaban J connectivity index is 2.64. The molecule has 0 aliphatic heterocycles. The van der Waals surface area contributed by atoms with E-state index >= 15 is 0 Å². The fourth-order valence-electron chi connectivity index (χ4n) is 1.24. The Morgan fingerprint density at radius 2 is 2.31 bits per heavy atom. The summed E-state index contributed by atoms with van der Waals surface area (Å²) in [4.78, 5) is 11.4. The minimum Gasteiger partial charge on any atom is -0.395 e. The molecule has 0 fully saturated rings. The van der Waals surface area contributed by atoms with Gasteiger partial charge < -0.3 is 10.4 Å². The lowest BCUT2D eigenvalue weighted by molar-refractivity contribution is 0.0963. The molecule has 3 nitrogen and oxygen atoms in total. The van der Waals surface area contributed by atoms with Gasteiger partial charge in [-0.2, -0.15) is 11.8 Å². The summed E-state index contributed by atoms with van der Waals surface area (Å²) >= 11 is 1.68. The first kappa shape index (κ1) is 13.1. The zero-order valence-corrected chi connectivity index (χ0v) is 10.4. The first-order valence-electron chi connectivity index (χ1n) is 5.21. The van der Waals surface area contributed by atoms with Gasteiger partial charge in [-0.05, 0) is 17.7 Å². The maximum Gasteiger partial charge on any atom is 0.251 e. The average molecular weight is 239 g/mol. The summed E-state index contributed by atoms with van der Waals surface area (Å²) in [5, 5.41) is 11.7. The minimum atomic E-state index is -0.0675. The second-order valence-corrected chi connectivity index (χ2v) is 5.01. The topological polar surface area (TPSA) is 49.3 Å². The Morgan fingerprint density at radius 3 is 2.94 bits per heavy atom. The normalized spacial score (nSPS) is 12.2. The van der Waals surface area contributed by atoms with Crippen LogP contribution in [0.2, 0.25) is 0 Å². The van der Waals surface area contributed by atoms with E-state index < -0.39 is 0 Å². The van der Waals surface area contributed by atoms with Crippen molar-refractivity contribution in [2.75, 3.05) is 13.7 Å². The number of carbonyl (C=O) groups is 1. The van der Waals surface area contributed by atoms with Crippen LogP contribution in [0, 0.1) is 0 Å². The summed E-state index contributed by atoms with van der Waals surface area (Å²) in [6.07, 6.45) is 0. The number of nitrogens with one attached hydrogen (secondary N) is 1. The van der Waals surface area contributed by atoms with E-state index in [0.717, 1.165) is 11.3 Å². The molecule has 0 heterocycles. The molecule has 1 aromatic carbocycles. The molecule has 1 rings (SSSR count). The van der Waals surface area contributed by atoms with Gasteiger partial charge in [-0.1, -0.05) is 19.1 Å². The molecule has 0 unspecified atom stereocenters. The Bertz CT molecular complexity index is 355. The number of aliphatic hydroxyl groups is 1. The van der Waals surface area contributed by atoms with Crippen molar-refractivity contribution in [3.63, 3.8) is 0 Å². The number of carbonyl (C=O) groups excluding carboxylic acids is 1. The lowest BCUT2D eigenvalue weighted by atomic mass is 10.1. The monoisotopic (exact) mass is 239 g/mol. The van der Waals surface area contributed by atoms with Gasteiger partial charge in [0.1, 0.15) is 0 Å². The van der Waals surface area contributed by atoms with Crippen molar-refractivity contribution in [2.45, 2.75) is 17.9 Å². The summed E-state index contributed by atoms with van der Waals surface area (Å²) < 4.78 is 0. The van der Waals surface area contributed by atoms with E-state index in [4.69, 9.17) is 5.11 Å². The van der Waals surface area contributed by atoms with Crippen molar-refractivity contribution in [3.05, 3.63) is 35.4 Å². The maximum atomic E-state index is 11.4. The van der Waals surface area contributed by atoms with Gasteiger partial charge in [-0.25, -0.2) is 0 Å². The summed E-state index contributed by atoms with van der Waals surface area (Å²) in [6.45, 7) is 2.16. The molecule has 0 spiro atoms. The van der Waals surface area contributed by atoms with Crippen molar-refractivity contribution < 1.29 is 9.90 Å². The van der Waals surface area contributed by atoms with Crippen LogP contribution in [0.3, 0.4) is 0 Å². The zero-order valence-electron chi connectivity index (χ0n) is 9.56. The second-order valence-electron chi connectivity index (χ2n) is 3.58. The molecule has 0 aromatic heterocycles. The van der Waals surface area contributed by atoms with Crippen LogP contribution in [-0.2, 0) is 5.75 Å². The quantitative estimate of drug-likeness (QED) is 0.821. The van der Waals surface area contributed by atoms with Crippen LogP contribution >= 0.6 is 11.8 Å². The third kappa shape index (κ3) is 3.87. The number of hydrogen-bond acceptors (Lipinski definition) is 3. The number of hydrogen-bond donors (Lipinski definition) is 2. The number of benzene rings is 1. The van der Waals surface area contributed by atoms with Crippen molar-refractivity contribution in [2.24, 2.45) is 0 Å². The molecule has 0 aliphatic rings. The highest BCUT2D eigenvalue weighted by atomic mass is 32.2. The zero-order chi connectivity index (χ0) is 12.0. The van der Waals surface area contributed by atoms with Crippen molar-refractivity contribution in [1.82, 2.24) is 5.32 Å². The molecular weight excluding hydrogens is 222 g/mol. The lowest BCUT2D eigenvalue weighted by Gasteiger charge is -2.08. The van der Waals surface area contributed by atoms with Gasteiger partial charge >= 0.3 is 0 Å². The van der Waals surface area contributed by atoms with E-state index in [0.29, 0.717) is 5.56 Å². The molecule has 1 amide bonds. The van der Waals surface area contributed by atoms with Gasteiger partial charge in [-0.3, -0.25) is 4.79 Å². The maximum absolute atomic E-state index is 11.4. The average Bonchev–Trinajstić information content (AvgIpc) is 2.35. The molecule has 0 radical (unpaired) electrons. The van der Waals surface area contributed by atoms with Crippen LogP contribution in [0.5, 0.6) is 0 Å². The highest BCUT2D eigenvalue weighted by Crippen LogP contribution is 2.18. The summed E-state index contributed by atoms with van der Waals surface area (Å²) in [5.41, 5.74) is 1.78. The first-order chi connectivity index (χ1) is 7.67. The van der Waals surface area contributed by atoms with Gasteiger partial charge in [0.25, 0.3) is 5.91 Å². The smallest absolute Gasteiger partial charge is 0.251 e. The van der Waals surface area contributed by atoms with E-state index in [-0.39, 0.29) is 17.8 Å². The molecular formula is C12H17NO2S. The molecule has 1 aromatic rings. The molecule has 1 atom stereocenters. The predicted molar refractivity (Wildman–Crippen MR) is 67.7 cm³/mol. The van der Waals surface area contributed by atoms with Crippen LogP contribution in [0.15, 0.2) is 24.3 Å². The Morgan fingerprint density at radius 1 is 1.56 bits per heavy atom. The van der Waals surface area contributed by atoms with Crippen LogP contribution in [-0.4, -0.2) is 29.9 Å². The largest absolute Gasteiger partial charge is 0.395 e. The molecule has 88 valence electrons. The Kier molecular flexibility index (Phi) is 5.35. The molecule has 16 heavy (non-hydrogen) atoms. The molecule has 0 aliphatic carbocycles. The van der Waals surface area contributed by atoms with Crippen LogP contribution in [0.25, 0.3) is 0 Å². The minimum absolute atomic E-state index is 0.0675. The van der Waals surface area contributed by atoms with Gasteiger partial charge in [0.05, 0.1) is 6.61 Å². The SMILES string of the molecule is CNC(=O)c1cccc(CS[C@H](C)CO)c1. The van der Waals surface area contributed by atoms with E-state index in [9.17, 15) is 4.79 Å². The number of aliphatic hydroxyl groups excluding tert-OH is 1. The van der Waals surface area contributed by atoms with Crippen LogP contribution < -0.4 is 5.32 Å². The summed E-state index contributed by atoms with van der Waals surface area (Å²) in [6, 6.07) is 7.55. The highest BCUT2D eigenvalue weighted by molar-refractivity contribution is 7.99. The van der Waals surface area contributed by atoms with Crippen LogP contribution in [0.1, 0.15) is 22.8 Å². The molecule has 0 saturated heterocycles. The summed E-state index contributed by atoms with van der Waals surface area (Å²) in [5.74, 6) is 0.745. The molecule has 0 bridgehead atoms. The van der Waals surface area contributed by atoms with Gasteiger partial charge in [0.2, 0.25) is 0 Å². The van der Waals surface area contributed by atoms with Gasteiger partial charge in [-0.15, -0.1) is 0 Å². The van der Waals surface area contributed by atoms with E-state index in [2.05, 4.69) is 5.32 Å². The third-order valence-electron chi connectivity index (χ3n) is 2.21. The van der Waals surface area contributed by atoms with E-state index in [1.54, 1.807) is 24.9 Å². The fourth-order valence-corrected chi connectivity index (χ4v) is 2.00. The Labute approximate surface area is 100 Å². The molecule has 0 saturated carbocycles. The first-order valence-corrected chi connectivity index (χ1v) is 6.25. The highest BCUT2D eigenvalue weighted by Gasteiger charge is 2.05. The second kappa shape index (κ2) is 6.55.